The summed E-state index contributed by atoms with van der Waals surface area (Å²) < 4.78 is 5.87. The van der Waals surface area contributed by atoms with Crippen LogP contribution in [0.3, 0.4) is 0 Å². The molecule has 6 heteroatoms. The van der Waals surface area contributed by atoms with Crippen molar-refractivity contribution in [3.05, 3.63) is 46.1 Å². The van der Waals surface area contributed by atoms with Crippen molar-refractivity contribution in [3.8, 4) is 5.88 Å². The third-order valence-electron chi connectivity index (χ3n) is 2.92. The van der Waals surface area contributed by atoms with E-state index in [0.29, 0.717) is 5.88 Å². The summed E-state index contributed by atoms with van der Waals surface area (Å²) in [4.78, 5) is 13.8. The molecule has 0 bridgehead atoms. The molecule has 5 nitrogen and oxygen atoms in total. The number of hydrogen-bond acceptors (Lipinski definition) is 4. The van der Waals surface area contributed by atoms with Gasteiger partial charge in [-0.05, 0) is 30.7 Å². The molecular weight excluding hydrogens is 322 g/mol. The average Bonchev–Trinajstić information content (AvgIpc) is 2.48. The van der Waals surface area contributed by atoms with Crippen molar-refractivity contribution in [2.24, 2.45) is 0 Å². The monoisotopic (exact) mass is 335 g/mol. The first-order valence-corrected chi connectivity index (χ1v) is 6.74. The van der Waals surface area contributed by atoms with E-state index in [-0.39, 0.29) is 11.6 Å². The van der Waals surface area contributed by atoms with Crippen LogP contribution < -0.4 is 9.64 Å². The van der Waals surface area contributed by atoms with Crippen LogP contribution in [0.2, 0.25) is 0 Å². The van der Waals surface area contributed by atoms with E-state index in [4.69, 9.17) is 4.74 Å². The lowest BCUT2D eigenvalue weighted by Crippen LogP contribution is -2.27. The average molecular weight is 336 g/mol. The maximum Gasteiger partial charge on any atom is 0.278 e. The first kappa shape index (κ1) is 14.5. The molecule has 0 unspecified atom stereocenters. The number of nitrogens with zero attached hydrogens (tertiary/aromatic N) is 3. The van der Waals surface area contributed by atoms with Gasteiger partial charge in [-0.3, -0.25) is 4.79 Å². The number of anilines is 1. The van der Waals surface area contributed by atoms with E-state index < -0.39 is 0 Å². The molecule has 0 fully saturated rings. The highest BCUT2D eigenvalue weighted by molar-refractivity contribution is 9.10. The molecular formula is C14H14BrN3O2. The molecule has 0 atom stereocenters. The normalized spacial score (nSPS) is 10.2. The zero-order valence-corrected chi connectivity index (χ0v) is 13.0. The van der Waals surface area contributed by atoms with Gasteiger partial charge in [0.2, 0.25) is 5.88 Å². The van der Waals surface area contributed by atoms with Gasteiger partial charge in [-0.15, -0.1) is 10.2 Å². The maximum atomic E-state index is 12.3. The standard InChI is InChI=1S/C14H14BrN3O2/c1-9-4-5-10(8-11(9)15)18(2)14(19)12-6-7-13(20-3)17-16-12/h4-8H,1-3H3. The minimum Gasteiger partial charge on any atom is -0.480 e. The number of carbonyl (C=O) groups excluding carboxylic acids is 1. The van der Waals surface area contributed by atoms with Gasteiger partial charge in [0.1, 0.15) is 0 Å². The molecule has 104 valence electrons. The van der Waals surface area contributed by atoms with E-state index in [2.05, 4.69) is 26.1 Å². The van der Waals surface area contributed by atoms with Crippen LogP contribution >= 0.6 is 15.9 Å². The summed E-state index contributed by atoms with van der Waals surface area (Å²) in [5.41, 5.74) is 2.16. The fourth-order valence-corrected chi connectivity index (χ4v) is 1.99. The summed E-state index contributed by atoms with van der Waals surface area (Å²) in [6.45, 7) is 1.99. The van der Waals surface area contributed by atoms with Gasteiger partial charge in [-0.1, -0.05) is 22.0 Å². The zero-order valence-electron chi connectivity index (χ0n) is 11.4. The Morgan fingerprint density at radius 1 is 1.25 bits per heavy atom. The summed E-state index contributed by atoms with van der Waals surface area (Å²) in [5, 5.41) is 7.66. The molecule has 0 radical (unpaired) electrons. The minimum atomic E-state index is -0.226. The predicted octanol–water partition coefficient (Wildman–Crippen LogP) is 2.83. The Morgan fingerprint density at radius 2 is 2.00 bits per heavy atom. The molecule has 20 heavy (non-hydrogen) atoms. The molecule has 0 spiro atoms. The van der Waals surface area contributed by atoms with Gasteiger partial charge in [0, 0.05) is 23.3 Å². The van der Waals surface area contributed by atoms with Crippen molar-refractivity contribution in [2.75, 3.05) is 19.1 Å². The maximum absolute atomic E-state index is 12.3. The second-order valence-corrected chi connectivity index (χ2v) is 5.11. The summed E-state index contributed by atoms with van der Waals surface area (Å²) in [6.07, 6.45) is 0. The molecule has 2 aromatic rings. The first-order chi connectivity index (χ1) is 9.52. The van der Waals surface area contributed by atoms with Crippen LogP contribution in [0.15, 0.2) is 34.8 Å². The van der Waals surface area contributed by atoms with E-state index >= 15 is 0 Å². The lowest BCUT2D eigenvalue weighted by molar-refractivity contribution is 0.0987. The molecule has 0 aliphatic heterocycles. The number of rotatable bonds is 3. The summed E-state index contributed by atoms with van der Waals surface area (Å²) in [7, 11) is 3.20. The smallest absolute Gasteiger partial charge is 0.278 e. The number of amides is 1. The molecule has 1 amide bonds. The van der Waals surface area contributed by atoms with Gasteiger partial charge in [-0.25, -0.2) is 0 Å². The molecule has 1 aromatic carbocycles. The van der Waals surface area contributed by atoms with Crippen LogP contribution in [0.4, 0.5) is 5.69 Å². The van der Waals surface area contributed by atoms with E-state index in [1.807, 2.05) is 25.1 Å². The summed E-state index contributed by atoms with van der Waals surface area (Å²) in [5.74, 6) is 0.151. The number of carbonyl (C=O) groups is 1. The first-order valence-electron chi connectivity index (χ1n) is 5.95. The van der Waals surface area contributed by atoms with E-state index in [1.54, 1.807) is 19.2 Å². The van der Waals surface area contributed by atoms with Gasteiger partial charge >= 0.3 is 0 Å². The predicted molar refractivity (Wildman–Crippen MR) is 80.2 cm³/mol. The number of benzene rings is 1. The van der Waals surface area contributed by atoms with Gasteiger partial charge in [0.15, 0.2) is 5.69 Å². The molecule has 1 heterocycles. The van der Waals surface area contributed by atoms with E-state index in [0.717, 1.165) is 15.7 Å². The minimum absolute atomic E-state index is 0.226. The Morgan fingerprint density at radius 3 is 2.55 bits per heavy atom. The Bertz CT molecular complexity index is 629. The van der Waals surface area contributed by atoms with Crippen molar-refractivity contribution in [2.45, 2.75) is 6.92 Å². The van der Waals surface area contributed by atoms with Crippen molar-refractivity contribution in [1.82, 2.24) is 10.2 Å². The van der Waals surface area contributed by atoms with Gasteiger partial charge in [-0.2, -0.15) is 0 Å². The van der Waals surface area contributed by atoms with Crippen LogP contribution in [0, 0.1) is 6.92 Å². The molecule has 0 saturated carbocycles. The quantitative estimate of drug-likeness (QED) is 0.865. The summed E-state index contributed by atoms with van der Waals surface area (Å²) >= 11 is 3.46. The van der Waals surface area contributed by atoms with Gasteiger partial charge in [0.05, 0.1) is 7.11 Å². The number of hydrogen-bond donors (Lipinski definition) is 0. The highest BCUT2D eigenvalue weighted by Gasteiger charge is 2.16. The number of methoxy groups -OCH3 is 1. The molecule has 2 rings (SSSR count). The second-order valence-electron chi connectivity index (χ2n) is 4.26. The van der Waals surface area contributed by atoms with Crippen molar-refractivity contribution in [3.63, 3.8) is 0 Å². The van der Waals surface area contributed by atoms with Gasteiger partial charge < -0.3 is 9.64 Å². The highest BCUT2D eigenvalue weighted by atomic mass is 79.9. The van der Waals surface area contributed by atoms with Crippen LogP contribution in [0.5, 0.6) is 5.88 Å². The third-order valence-corrected chi connectivity index (χ3v) is 3.77. The molecule has 0 aliphatic rings. The zero-order chi connectivity index (χ0) is 14.7. The Kier molecular flexibility index (Phi) is 4.34. The molecule has 0 aliphatic carbocycles. The fraction of sp³-hybridized carbons (Fsp3) is 0.214. The van der Waals surface area contributed by atoms with Crippen LogP contribution in [-0.4, -0.2) is 30.3 Å². The lowest BCUT2D eigenvalue weighted by atomic mass is 10.2. The van der Waals surface area contributed by atoms with Crippen molar-refractivity contribution < 1.29 is 9.53 Å². The highest BCUT2D eigenvalue weighted by Crippen LogP contribution is 2.23. The fourth-order valence-electron chi connectivity index (χ4n) is 1.62. The third kappa shape index (κ3) is 2.96. The molecule has 0 N–H and O–H groups in total. The number of aromatic nitrogens is 2. The summed E-state index contributed by atoms with van der Waals surface area (Å²) in [6, 6.07) is 8.93. The number of ether oxygens (including phenoxy) is 1. The number of halogens is 1. The van der Waals surface area contributed by atoms with Gasteiger partial charge in [0.25, 0.3) is 5.91 Å². The second kappa shape index (κ2) is 6.00. The van der Waals surface area contributed by atoms with Crippen molar-refractivity contribution >= 4 is 27.5 Å². The topological polar surface area (TPSA) is 55.3 Å². The van der Waals surface area contributed by atoms with E-state index in [1.165, 1.54) is 12.0 Å². The molecule has 1 aromatic heterocycles. The Balaban J connectivity index is 2.24. The van der Waals surface area contributed by atoms with Crippen LogP contribution in [0.25, 0.3) is 0 Å². The van der Waals surface area contributed by atoms with Crippen molar-refractivity contribution in [1.29, 1.82) is 0 Å². The largest absolute Gasteiger partial charge is 0.480 e. The Hall–Kier alpha value is -1.95. The lowest BCUT2D eigenvalue weighted by Gasteiger charge is -2.17. The SMILES string of the molecule is COc1ccc(C(=O)N(C)c2ccc(C)c(Br)c2)nn1. The van der Waals surface area contributed by atoms with Crippen LogP contribution in [0.1, 0.15) is 16.1 Å². The van der Waals surface area contributed by atoms with Crippen LogP contribution in [-0.2, 0) is 0 Å². The van der Waals surface area contributed by atoms with E-state index in [9.17, 15) is 4.79 Å². The number of aryl methyl sites for hydroxylation is 1. The molecule has 0 saturated heterocycles. The Labute approximate surface area is 125 Å².